The summed E-state index contributed by atoms with van der Waals surface area (Å²) in [6.45, 7) is 0. The summed E-state index contributed by atoms with van der Waals surface area (Å²) >= 11 is 0. The molecule has 0 radical (unpaired) electrons. The fraction of sp³-hybridized carbons (Fsp3) is 0.0417. The van der Waals surface area contributed by atoms with Crippen molar-refractivity contribution in [3.63, 3.8) is 0 Å². The molecule has 0 N–H and O–H groups in total. The second-order valence-corrected chi connectivity index (χ2v) is 13.7. The van der Waals surface area contributed by atoms with Gasteiger partial charge in [-0.2, -0.15) is 0 Å². The Labute approximate surface area is 289 Å². The van der Waals surface area contributed by atoms with Crippen LogP contribution in [0, 0.1) is 5.92 Å². The van der Waals surface area contributed by atoms with Crippen LogP contribution in [0.3, 0.4) is 0 Å². The smallest absolute Gasteiger partial charge is 0.0972 e. The van der Waals surface area contributed by atoms with Gasteiger partial charge in [-0.15, -0.1) is 0 Å². The van der Waals surface area contributed by atoms with Crippen molar-refractivity contribution in [2.24, 2.45) is 5.92 Å². The van der Waals surface area contributed by atoms with Crippen molar-refractivity contribution in [3.8, 4) is 22.5 Å². The van der Waals surface area contributed by atoms with Gasteiger partial charge < -0.3 is 0 Å². The summed E-state index contributed by atoms with van der Waals surface area (Å²) in [6, 6.07) is 48.5. The molecule has 2 atom stereocenters. The molecule has 11 rings (SSSR count). The van der Waals surface area contributed by atoms with Crippen molar-refractivity contribution in [3.05, 3.63) is 175 Å². The molecule has 0 spiro atoms. The van der Waals surface area contributed by atoms with Crippen LogP contribution in [0.5, 0.6) is 0 Å². The minimum atomic E-state index is 0.347. The number of aromatic nitrogens is 2. The van der Waals surface area contributed by atoms with E-state index in [1.807, 2.05) is 0 Å². The lowest BCUT2D eigenvalue weighted by Crippen LogP contribution is -2.14. The number of fused-ring (bicyclic) bond motifs is 13. The number of rotatable bonds is 2. The van der Waals surface area contributed by atoms with Crippen molar-refractivity contribution in [1.29, 1.82) is 0 Å². The molecule has 2 nitrogen and oxygen atoms in total. The number of hydrogen-bond acceptors (Lipinski definition) is 2. The molecular weight excluding hydrogens is 605 g/mol. The lowest BCUT2D eigenvalue weighted by atomic mass is 9.74. The quantitative estimate of drug-likeness (QED) is 0.177. The van der Waals surface area contributed by atoms with Crippen molar-refractivity contribution >= 4 is 71.0 Å². The molecule has 0 saturated carbocycles. The summed E-state index contributed by atoms with van der Waals surface area (Å²) in [7, 11) is 0. The van der Waals surface area contributed by atoms with Crippen LogP contribution in [0.15, 0.2) is 164 Å². The molecule has 2 aliphatic carbocycles. The zero-order chi connectivity index (χ0) is 32.8. The maximum Gasteiger partial charge on any atom is 0.0972 e. The number of allylic oxidation sites excluding steroid dienone is 5. The maximum absolute atomic E-state index is 5.42. The van der Waals surface area contributed by atoms with E-state index in [9.17, 15) is 0 Å². The van der Waals surface area contributed by atoms with E-state index in [1.54, 1.807) is 0 Å². The van der Waals surface area contributed by atoms with Crippen molar-refractivity contribution in [2.75, 3.05) is 0 Å². The third-order valence-electron chi connectivity index (χ3n) is 10.9. The highest BCUT2D eigenvalue weighted by Crippen LogP contribution is 2.45. The third-order valence-corrected chi connectivity index (χ3v) is 10.9. The molecule has 2 aliphatic rings. The largest absolute Gasteiger partial charge is 0.245 e. The molecule has 2 heterocycles. The highest BCUT2D eigenvalue weighted by molar-refractivity contribution is 6.23. The molecule has 0 amide bonds. The predicted octanol–water partition coefficient (Wildman–Crippen LogP) is 12.6. The van der Waals surface area contributed by atoms with Gasteiger partial charge in [-0.25, -0.2) is 9.97 Å². The minimum absolute atomic E-state index is 0.347. The average Bonchev–Trinajstić information content (AvgIpc) is 3.19. The van der Waals surface area contributed by atoms with Gasteiger partial charge in [0.15, 0.2) is 0 Å². The van der Waals surface area contributed by atoms with Gasteiger partial charge in [0.2, 0.25) is 0 Å². The van der Waals surface area contributed by atoms with Crippen LogP contribution in [-0.2, 0) is 0 Å². The van der Waals surface area contributed by atoms with E-state index in [0.717, 1.165) is 44.3 Å². The van der Waals surface area contributed by atoms with Gasteiger partial charge in [-0.1, -0.05) is 146 Å². The van der Waals surface area contributed by atoms with Gasteiger partial charge in [0.05, 0.1) is 22.4 Å². The lowest BCUT2D eigenvalue weighted by Gasteiger charge is -2.29. The zero-order valence-corrected chi connectivity index (χ0v) is 27.2. The van der Waals surface area contributed by atoms with Crippen LogP contribution in [0.25, 0.3) is 93.5 Å². The molecule has 50 heavy (non-hydrogen) atoms. The molecule has 0 bridgehead atoms. The van der Waals surface area contributed by atoms with Gasteiger partial charge in [0.1, 0.15) is 0 Å². The first-order chi connectivity index (χ1) is 24.8. The molecule has 9 aromatic rings. The van der Waals surface area contributed by atoms with Crippen LogP contribution in [0.2, 0.25) is 0 Å². The van der Waals surface area contributed by atoms with Crippen molar-refractivity contribution < 1.29 is 0 Å². The van der Waals surface area contributed by atoms with E-state index >= 15 is 0 Å². The first-order valence-corrected chi connectivity index (χ1v) is 17.4. The summed E-state index contributed by atoms with van der Waals surface area (Å²) in [4.78, 5) is 10.8. The van der Waals surface area contributed by atoms with Gasteiger partial charge >= 0.3 is 0 Å². The van der Waals surface area contributed by atoms with Gasteiger partial charge in [-0.05, 0) is 78.5 Å². The standard InChI is InChI=1S/C48H30N2/c1-3-11-35-29(9-1)17-21-33-27-41(37-13-5-7-15-39(37)45(33)35)43-25-23-31-19-20-32-24-26-44(50-48(32)47(31)49-43)42-28-34-22-18-30-10-2-4-12-36(30)46(34)40-16-8-6-14-38(40)42/h1-29,35H. The fourth-order valence-corrected chi connectivity index (χ4v) is 8.61. The molecule has 232 valence electrons. The predicted molar refractivity (Wildman–Crippen MR) is 211 cm³/mol. The van der Waals surface area contributed by atoms with E-state index < -0.39 is 0 Å². The Morgan fingerprint density at radius 1 is 0.420 bits per heavy atom. The molecule has 0 aliphatic heterocycles. The molecule has 2 unspecified atom stereocenters. The van der Waals surface area contributed by atoms with Crippen LogP contribution >= 0.6 is 0 Å². The summed E-state index contributed by atoms with van der Waals surface area (Å²) < 4.78 is 0. The Morgan fingerprint density at radius 2 is 0.980 bits per heavy atom. The Bertz CT molecular complexity index is 3000. The van der Waals surface area contributed by atoms with E-state index in [0.29, 0.717) is 11.8 Å². The van der Waals surface area contributed by atoms with E-state index in [-0.39, 0.29) is 0 Å². The van der Waals surface area contributed by atoms with E-state index in [2.05, 4.69) is 170 Å². The topological polar surface area (TPSA) is 25.8 Å². The normalized spacial score (nSPS) is 16.6. The van der Waals surface area contributed by atoms with Crippen LogP contribution < -0.4 is 0 Å². The number of benzene rings is 7. The Kier molecular flexibility index (Phi) is 5.82. The second-order valence-electron chi connectivity index (χ2n) is 13.7. The summed E-state index contributed by atoms with van der Waals surface area (Å²) in [5, 5.41) is 12.2. The number of hydrogen-bond donors (Lipinski definition) is 0. The van der Waals surface area contributed by atoms with Crippen LogP contribution in [0.1, 0.15) is 17.0 Å². The monoisotopic (exact) mass is 634 g/mol. The van der Waals surface area contributed by atoms with Gasteiger partial charge in [0.25, 0.3) is 0 Å². The third kappa shape index (κ3) is 4.02. The highest BCUT2D eigenvalue weighted by atomic mass is 14.8. The molecule has 7 aromatic carbocycles. The van der Waals surface area contributed by atoms with Gasteiger partial charge in [-0.3, -0.25) is 0 Å². The zero-order valence-electron chi connectivity index (χ0n) is 27.2. The van der Waals surface area contributed by atoms with Crippen molar-refractivity contribution in [2.45, 2.75) is 5.92 Å². The average molecular weight is 635 g/mol. The molecule has 2 aromatic heterocycles. The summed E-state index contributed by atoms with van der Waals surface area (Å²) in [5.74, 6) is 0.742. The Hall–Kier alpha value is -6.38. The highest BCUT2D eigenvalue weighted by Gasteiger charge is 2.27. The second kappa shape index (κ2) is 10.6. The molecule has 2 heteroatoms. The molecule has 0 fully saturated rings. The SMILES string of the molecule is C1=CC2C=Cc3cc(-c4ccc5ccc6ccc(-c7cc8ccc9ccccc9c8c8ccccc78)nc6c5n4)c4ccccc4c3C2C=C1. The first-order valence-electron chi connectivity index (χ1n) is 17.4. The molecular formula is C48H30N2. The number of pyridine rings is 2. The number of nitrogens with zero attached hydrogens (tertiary/aromatic N) is 2. The van der Waals surface area contributed by atoms with Gasteiger partial charge in [0, 0.05) is 33.7 Å². The summed E-state index contributed by atoms with van der Waals surface area (Å²) in [5.41, 5.74) is 8.74. The Balaban J connectivity index is 1.13. The van der Waals surface area contributed by atoms with E-state index in [4.69, 9.17) is 9.97 Å². The lowest BCUT2D eigenvalue weighted by molar-refractivity contribution is 0.697. The maximum atomic E-state index is 5.42. The van der Waals surface area contributed by atoms with Crippen LogP contribution in [0.4, 0.5) is 0 Å². The minimum Gasteiger partial charge on any atom is -0.245 e. The summed E-state index contributed by atoms with van der Waals surface area (Å²) in [6.07, 6.45) is 13.7. The van der Waals surface area contributed by atoms with Crippen molar-refractivity contribution in [1.82, 2.24) is 9.97 Å². The Morgan fingerprint density at radius 3 is 1.74 bits per heavy atom. The van der Waals surface area contributed by atoms with Crippen LogP contribution in [-0.4, -0.2) is 9.97 Å². The van der Waals surface area contributed by atoms with E-state index in [1.165, 1.54) is 54.2 Å². The molecule has 0 saturated heterocycles. The first kappa shape index (κ1) is 27.6. The fourth-order valence-electron chi connectivity index (χ4n) is 8.61.